The molecule has 7 nitrogen and oxygen atoms in total. The van der Waals surface area contributed by atoms with Crippen LogP contribution >= 0.6 is 34.8 Å². The van der Waals surface area contributed by atoms with E-state index in [4.69, 9.17) is 44.3 Å². The lowest BCUT2D eigenvalue weighted by atomic mass is 9.43. The van der Waals surface area contributed by atoms with E-state index < -0.39 is 27.6 Å². The van der Waals surface area contributed by atoms with Gasteiger partial charge in [0.2, 0.25) is 3.79 Å². The molecule has 36 heavy (non-hydrogen) atoms. The molecule has 4 unspecified atom stereocenters. The number of aliphatic hydroxyl groups is 1. The van der Waals surface area contributed by atoms with Crippen molar-refractivity contribution in [2.45, 2.75) is 100 Å². The first-order valence-corrected chi connectivity index (χ1v) is 14.5. The van der Waals surface area contributed by atoms with Gasteiger partial charge < -0.3 is 25.0 Å². The second kappa shape index (κ2) is 10.3. The Morgan fingerprint density at radius 2 is 1.75 bits per heavy atom. The van der Waals surface area contributed by atoms with Crippen LogP contribution in [-0.2, 0) is 14.3 Å². The summed E-state index contributed by atoms with van der Waals surface area (Å²) in [6, 6.07) is -0.0222. The zero-order valence-electron chi connectivity index (χ0n) is 21.4. The number of rotatable bonds is 6. The Kier molecular flexibility index (Phi) is 8.13. The lowest BCUT2D eigenvalue weighted by Crippen LogP contribution is -2.64. The molecule has 9 atom stereocenters. The zero-order chi connectivity index (χ0) is 26.5. The van der Waals surface area contributed by atoms with Gasteiger partial charge in [-0.3, -0.25) is 0 Å². The van der Waals surface area contributed by atoms with Crippen LogP contribution in [0.2, 0.25) is 0 Å². The van der Waals surface area contributed by atoms with Crippen molar-refractivity contribution in [3.63, 3.8) is 0 Å². The summed E-state index contributed by atoms with van der Waals surface area (Å²) in [5.74, 6) is 0.336. The number of ether oxygens (including phenoxy) is 2. The van der Waals surface area contributed by atoms with Crippen LogP contribution in [0, 0.1) is 34.5 Å². The van der Waals surface area contributed by atoms with E-state index >= 15 is 0 Å². The van der Waals surface area contributed by atoms with Crippen molar-refractivity contribution in [2.24, 2.45) is 34.5 Å². The molecule has 0 spiro atoms. The second-order valence-corrected chi connectivity index (χ2v) is 14.7. The summed E-state index contributed by atoms with van der Waals surface area (Å²) in [5, 5.41) is 24.5. The Morgan fingerprint density at radius 1 is 1.06 bits per heavy atom. The lowest BCUT2D eigenvalue weighted by molar-refractivity contribution is -0.222. The SMILES string of the molecule is CCCOC1CC2CC[C@@H]3[C@@H](CC[C@]4(C)C(NC(=O)OCC(Cl)(Cl)Cl)CC[C@@H]34)[C@@]2(C)CC1(O)C(=O)O. The standard InChI is InChI=1S/C26H40Cl3NO6/c1-4-11-35-20-12-15-5-6-16-17-7-8-19(30-22(33)36-14-26(27,28)29)23(17,2)10-9-18(16)24(15,3)13-25(20,34)21(31)32/h15-20,34H,4-14H2,1-3H3,(H,30,33)(H,31,32)/t15?,16-,17-,18+,19?,20?,23-,24-,25?/m0/s1. The van der Waals surface area contributed by atoms with Gasteiger partial charge in [-0.05, 0) is 92.3 Å². The average molecular weight is 569 g/mol. The van der Waals surface area contributed by atoms with Crippen LogP contribution in [0.3, 0.4) is 0 Å². The van der Waals surface area contributed by atoms with Gasteiger partial charge in [-0.15, -0.1) is 0 Å². The summed E-state index contributed by atoms with van der Waals surface area (Å²) in [5.41, 5.74) is -2.21. The maximum Gasteiger partial charge on any atom is 0.407 e. The van der Waals surface area contributed by atoms with Gasteiger partial charge in [0.05, 0.1) is 6.10 Å². The normalized spacial score (nSPS) is 44.2. The number of alkyl halides is 3. The van der Waals surface area contributed by atoms with E-state index in [-0.39, 0.29) is 29.9 Å². The number of amides is 1. The molecule has 0 saturated heterocycles. The van der Waals surface area contributed by atoms with Crippen molar-refractivity contribution < 1.29 is 29.3 Å². The van der Waals surface area contributed by atoms with Gasteiger partial charge in [-0.2, -0.15) is 0 Å². The van der Waals surface area contributed by atoms with Crippen LogP contribution < -0.4 is 5.32 Å². The first-order chi connectivity index (χ1) is 16.7. The molecule has 206 valence electrons. The number of hydrogen-bond donors (Lipinski definition) is 3. The summed E-state index contributed by atoms with van der Waals surface area (Å²) in [6.45, 7) is 6.60. The van der Waals surface area contributed by atoms with E-state index in [1.807, 2.05) is 6.92 Å². The molecule has 0 aromatic rings. The van der Waals surface area contributed by atoms with Gasteiger partial charge in [-0.25, -0.2) is 9.59 Å². The molecule has 4 aliphatic carbocycles. The Hall–Kier alpha value is -0.470. The highest BCUT2D eigenvalue weighted by atomic mass is 35.6. The fourth-order valence-corrected chi connectivity index (χ4v) is 8.76. The predicted molar refractivity (Wildman–Crippen MR) is 138 cm³/mol. The molecule has 0 aromatic heterocycles. The average Bonchev–Trinajstić information content (AvgIpc) is 3.11. The molecule has 3 N–H and O–H groups in total. The van der Waals surface area contributed by atoms with Crippen LogP contribution in [0.5, 0.6) is 0 Å². The maximum atomic E-state index is 12.4. The summed E-state index contributed by atoms with van der Waals surface area (Å²) in [4.78, 5) is 24.7. The number of aliphatic carboxylic acids is 1. The third kappa shape index (κ3) is 5.09. The van der Waals surface area contributed by atoms with Crippen LogP contribution in [0.4, 0.5) is 4.79 Å². The van der Waals surface area contributed by atoms with Crippen LogP contribution in [0.25, 0.3) is 0 Å². The van der Waals surface area contributed by atoms with Crippen molar-refractivity contribution in [2.75, 3.05) is 13.2 Å². The molecule has 0 bridgehead atoms. The molecule has 10 heteroatoms. The number of hydrogen-bond acceptors (Lipinski definition) is 5. The molecule has 4 aliphatic rings. The van der Waals surface area contributed by atoms with Crippen molar-refractivity contribution in [1.82, 2.24) is 5.32 Å². The Bertz CT molecular complexity index is 854. The molecule has 1 amide bonds. The Balaban J connectivity index is 1.50. The molecule has 4 rings (SSSR count). The fraction of sp³-hybridized carbons (Fsp3) is 0.923. The van der Waals surface area contributed by atoms with E-state index in [9.17, 15) is 19.8 Å². The molecule has 0 aliphatic heterocycles. The third-order valence-corrected chi connectivity index (χ3v) is 10.6. The monoisotopic (exact) mass is 567 g/mol. The van der Waals surface area contributed by atoms with Gasteiger partial charge in [0.1, 0.15) is 6.61 Å². The number of halogens is 3. The third-order valence-electron chi connectivity index (χ3n) is 10.3. The number of nitrogens with one attached hydrogen (secondary N) is 1. The molecule has 4 fully saturated rings. The van der Waals surface area contributed by atoms with Crippen molar-refractivity contribution in [3.05, 3.63) is 0 Å². The molecular weight excluding hydrogens is 529 g/mol. The van der Waals surface area contributed by atoms with E-state index in [0.29, 0.717) is 36.7 Å². The first kappa shape index (κ1) is 28.5. The van der Waals surface area contributed by atoms with Crippen LogP contribution in [0.1, 0.15) is 78.6 Å². The van der Waals surface area contributed by atoms with Crippen LogP contribution in [-0.4, -0.2) is 57.0 Å². The van der Waals surface area contributed by atoms with E-state index in [1.165, 1.54) is 0 Å². The Morgan fingerprint density at radius 3 is 2.39 bits per heavy atom. The van der Waals surface area contributed by atoms with Gasteiger partial charge in [0.15, 0.2) is 5.60 Å². The topological polar surface area (TPSA) is 105 Å². The molecule has 0 radical (unpaired) electrons. The highest BCUT2D eigenvalue weighted by Crippen LogP contribution is 2.67. The minimum atomic E-state index is -1.87. The Labute approximate surface area is 228 Å². The largest absolute Gasteiger partial charge is 0.479 e. The quantitative estimate of drug-likeness (QED) is 0.354. The van der Waals surface area contributed by atoms with Gasteiger partial charge in [0, 0.05) is 12.6 Å². The first-order valence-electron chi connectivity index (χ1n) is 13.3. The van der Waals surface area contributed by atoms with Crippen molar-refractivity contribution in [1.29, 1.82) is 0 Å². The number of carboxylic acids is 1. The highest BCUT2D eigenvalue weighted by Gasteiger charge is 2.65. The summed E-state index contributed by atoms with van der Waals surface area (Å²) in [7, 11) is 0. The molecule has 0 heterocycles. The van der Waals surface area contributed by atoms with Crippen molar-refractivity contribution >= 4 is 46.9 Å². The predicted octanol–water partition coefficient (Wildman–Crippen LogP) is 5.71. The molecule has 0 aromatic carbocycles. The second-order valence-electron chi connectivity index (χ2n) is 12.2. The summed E-state index contributed by atoms with van der Waals surface area (Å²) < 4.78 is 9.39. The molecule has 4 saturated carbocycles. The fourth-order valence-electron chi connectivity index (χ4n) is 8.59. The highest BCUT2D eigenvalue weighted by molar-refractivity contribution is 6.67. The smallest absolute Gasteiger partial charge is 0.407 e. The maximum absolute atomic E-state index is 12.4. The zero-order valence-corrected chi connectivity index (χ0v) is 23.7. The minimum absolute atomic E-state index is 0.0222. The summed E-state index contributed by atoms with van der Waals surface area (Å²) in [6.07, 6.45) is 6.19. The minimum Gasteiger partial charge on any atom is -0.479 e. The van der Waals surface area contributed by atoms with Gasteiger partial charge in [-0.1, -0.05) is 55.6 Å². The van der Waals surface area contributed by atoms with Crippen LogP contribution in [0.15, 0.2) is 0 Å². The molecular formula is C26H40Cl3NO6. The number of carbonyl (C=O) groups is 2. The summed E-state index contributed by atoms with van der Waals surface area (Å²) >= 11 is 17.1. The number of carbonyl (C=O) groups excluding carboxylic acids is 1. The van der Waals surface area contributed by atoms with E-state index in [1.54, 1.807) is 0 Å². The number of alkyl carbamates (subject to hydrolysis) is 1. The lowest BCUT2D eigenvalue weighted by Gasteiger charge is -2.62. The van der Waals surface area contributed by atoms with Crippen molar-refractivity contribution in [3.8, 4) is 0 Å². The van der Waals surface area contributed by atoms with Gasteiger partial charge in [0.25, 0.3) is 0 Å². The van der Waals surface area contributed by atoms with Gasteiger partial charge >= 0.3 is 12.1 Å². The van der Waals surface area contributed by atoms with E-state index in [0.717, 1.165) is 44.9 Å². The number of fused-ring (bicyclic) bond motifs is 5. The van der Waals surface area contributed by atoms with E-state index in [2.05, 4.69) is 19.2 Å². The number of carboxylic acid groups (broad SMARTS) is 1.